The van der Waals surface area contributed by atoms with Gasteiger partial charge < -0.3 is 10.4 Å². The first-order valence-corrected chi connectivity index (χ1v) is 10.00. The van der Waals surface area contributed by atoms with E-state index in [9.17, 15) is 14.7 Å². The number of hydrogen-bond donors (Lipinski definition) is 2. The Bertz CT molecular complexity index is 375. The lowest BCUT2D eigenvalue weighted by Gasteiger charge is -2.37. The third-order valence-corrected chi connectivity index (χ3v) is 7.47. The van der Waals surface area contributed by atoms with Crippen LogP contribution < -0.4 is 5.32 Å². The van der Waals surface area contributed by atoms with Crippen LogP contribution in [0.15, 0.2) is 0 Å². The Morgan fingerprint density at radius 1 is 1.29 bits per heavy atom. The van der Waals surface area contributed by atoms with E-state index in [1.807, 2.05) is 23.5 Å². The van der Waals surface area contributed by atoms with Crippen LogP contribution in [0.2, 0.25) is 0 Å². The van der Waals surface area contributed by atoms with Crippen LogP contribution in [0.25, 0.3) is 0 Å². The highest BCUT2D eigenvalue weighted by Gasteiger charge is 2.43. The second-order valence-electron chi connectivity index (χ2n) is 6.06. The fraction of sp³-hybridized carbons (Fsp3) is 0.867. The second-order valence-corrected chi connectivity index (χ2v) is 8.62. The topological polar surface area (TPSA) is 66.4 Å². The molecule has 1 unspecified atom stereocenters. The van der Waals surface area contributed by atoms with E-state index in [1.54, 1.807) is 0 Å². The maximum Gasteiger partial charge on any atom is 0.329 e. The van der Waals surface area contributed by atoms with Gasteiger partial charge in [-0.2, -0.15) is 23.5 Å². The second kappa shape index (κ2) is 7.77. The third-order valence-electron chi connectivity index (χ3n) is 4.62. The minimum absolute atomic E-state index is 0.0904. The Kier molecular flexibility index (Phi) is 6.29. The fourth-order valence-electron chi connectivity index (χ4n) is 3.15. The van der Waals surface area contributed by atoms with Gasteiger partial charge in [-0.05, 0) is 31.6 Å². The zero-order valence-corrected chi connectivity index (χ0v) is 14.2. The van der Waals surface area contributed by atoms with Crippen molar-refractivity contribution in [3.8, 4) is 0 Å². The first kappa shape index (κ1) is 17.0. The molecule has 1 amide bonds. The average molecular weight is 332 g/mol. The molecule has 2 N–H and O–H groups in total. The van der Waals surface area contributed by atoms with Gasteiger partial charge in [0.1, 0.15) is 5.54 Å². The molecule has 1 aliphatic heterocycles. The number of carboxylic acid groups (broad SMARTS) is 1. The van der Waals surface area contributed by atoms with E-state index in [4.69, 9.17) is 0 Å². The van der Waals surface area contributed by atoms with E-state index in [0.717, 1.165) is 36.5 Å². The minimum Gasteiger partial charge on any atom is -0.480 e. The Balaban J connectivity index is 1.90. The molecule has 0 aromatic rings. The normalized spacial score (nSPS) is 33.4. The molecule has 120 valence electrons. The summed E-state index contributed by atoms with van der Waals surface area (Å²) in [5, 5.41) is 12.8. The molecule has 0 aromatic heterocycles. The van der Waals surface area contributed by atoms with Crippen molar-refractivity contribution in [2.24, 2.45) is 5.92 Å². The van der Waals surface area contributed by atoms with E-state index in [-0.39, 0.29) is 5.91 Å². The predicted molar refractivity (Wildman–Crippen MR) is 88.9 cm³/mol. The molecule has 6 heteroatoms. The van der Waals surface area contributed by atoms with Gasteiger partial charge in [0.2, 0.25) is 5.91 Å². The van der Waals surface area contributed by atoms with Crippen molar-refractivity contribution in [2.75, 3.05) is 17.3 Å². The van der Waals surface area contributed by atoms with Crippen LogP contribution in [0.5, 0.6) is 0 Å². The molecule has 2 rings (SSSR count). The summed E-state index contributed by atoms with van der Waals surface area (Å²) < 4.78 is 0. The lowest BCUT2D eigenvalue weighted by molar-refractivity contribution is -0.149. The van der Waals surface area contributed by atoms with Crippen LogP contribution in [0.4, 0.5) is 0 Å². The van der Waals surface area contributed by atoms with E-state index >= 15 is 0 Å². The van der Waals surface area contributed by atoms with Gasteiger partial charge in [-0.15, -0.1) is 0 Å². The number of carbonyl (C=O) groups is 2. The first-order valence-electron chi connectivity index (χ1n) is 7.79. The van der Waals surface area contributed by atoms with Crippen LogP contribution in [-0.4, -0.2) is 45.0 Å². The van der Waals surface area contributed by atoms with Gasteiger partial charge >= 0.3 is 5.97 Å². The van der Waals surface area contributed by atoms with E-state index in [0.29, 0.717) is 30.4 Å². The smallest absolute Gasteiger partial charge is 0.329 e. The molecule has 0 radical (unpaired) electrons. The SMILES string of the molecule is CCC1CCC(NC(=O)CC2CSCCS2)(C(=O)O)CC1. The van der Waals surface area contributed by atoms with Gasteiger partial charge in [-0.3, -0.25) is 4.79 Å². The van der Waals surface area contributed by atoms with Crippen molar-refractivity contribution in [3.63, 3.8) is 0 Å². The van der Waals surface area contributed by atoms with E-state index in [1.165, 1.54) is 0 Å². The van der Waals surface area contributed by atoms with E-state index < -0.39 is 11.5 Å². The lowest BCUT2D eigenvalue weighted by atomic mass is 9.75. The summed E-state index contributed by atoms with van der Waals surface area (Å²) in [6, 6.07) is 0. The lowest BCUT2D eigenvalue weighted by Crippen LogP contribution is -2.56. The van der Waals surface area contributed by atoms with Crippen molar-refractivity contribution in [3.05, 3.63) is 0 Å². The van der Waals surface area contributed by atoms with Gasteiger partial charge in [0, 0.05) is 28.9 Å². The third kappa shape index (κ3) is 4.55. The molecule has 1 saturated carbocycles. The van der Waals surface area contributed by atoms with Gasteiger partial charge in [-0.1, -0.05) is 13.3 Å². The predicted octanol–water partition coefficient (Wildman–Crippen LogP) is 2.76. The van der Waals surface area contributed by atoms with Crippen molar-refractivity contribution in [1.82, 2.24) is 5.32 Å². The molecule has 0 aromatic carbocycles. The van der Waals surface area contributed by atoms with Crippen LogP contribution in [0.3, 0.4) is 0 Å². The monoisotopic (exact) mass is 331 g/mol. The average Bonchev–Trinajstić information content (AvgIpc) is 2.48. The summed E-state index contributed by atoms with van der Waals surface area (Å²) >= 11 is 3.72. The van der Waals surface area contributed by atoms with Crippen molar-refractivity contribution in [2.45, 2.75) is 56.2 Å². The molecule has 1 aliphatic carbocycles. The van der Waals surface area contributed by atoms with Crippen molar-refractivity contribution >= 4 is 35.4 Å². The zero-order chi connectivity index (χ0) is 15.3. The van der Waals surface area contributed by atoms with Crippen LogP contribution in [0.1, 0.15) is 45.4 Å². The van der Waals surface area contributed by atoms with Crippen LogP contribution >= 0.6 is 23.5 Å². The Hall–Kier alpha value is -0.360. The number of rotatable bonds is 5. The van der Waals surface area contributed by atoms with Gasteiger partial charge in [0.05, 0.1) is 0 Å². The summed E-state index contributed by atoms with van der Waals surface area (Å²) in [6.45, 7) is 2.15. The molecule has 4 nitrogen and oxygen atoms in total. The number of nitrogens with one attached hydrogen (secondary N) is 1. The van der Waals surface area contributed by atoms with Gasteiger partial charge in [0.15, 0.2) is 0 Å². The Morgan fingerprint density at radius 3 is 2.52 bits per heavy atom. The fourth-order valence-corrected chi connectivity index (χ4v) is 5.83. The number of amides is 1. The quantitative estimate of drug-likeness (QED) is 0.811. The maximum absolute atomic E-state index is 12.2. The van der Waals surface area contributed by atoms with Crippen LogP contribution in [-0.2, 0) is 9.59 Å². The summed E-state index contributed by atoms with van der Waals surface area (Å²) in [5.74, 6) is 2.89. The van der Waals surface area contributed by atoms with E-state index in [2.05, 4.69) is 12.2 Å². The number of hydrogen-bond acceptors (Lipinski definition) is 4. The number of carboxylic acids is 1. The highest BCUT2D eigenvalue weighted by Crippen LogP contribution is 2.34. The number of thioether (sulfide) groups is 2. The molecule has 21 heavy (non-hydrogen) atoms. The molecule has 0 bridgehead atoms. The number of aliphatic carboxylic acids is 1. The summed E-state index contributed by atoms with van der Waals surface area (Å²) in [7, 11) is 0. The molecule has 2 fully saturated rings. The van der Waals surface area contributed by atoms with Crippen molar-refractivity contribution in [1.29, 1.82) is 0 Å². The molecule has 2 aliphatic rings. The summed E-state index contributed by atoms with van der Waals surface area (Å²) in [5.41, 5.74) is -1.02. The Morgan fingerprint density at radius 2 is 2.00 bits per heavy atom. The molecule has 1 heterocycles. The Labute approximate surface area is 135 Å². The van der Waals surface area contributed by atoms with Crippen LogP contribution in [0, 0.1) is 5.92 Å². The summed E-state index contributed by atoms with van der Waals surface area (Å²) in [4.78, 5) is 23.9. The summed E-state index contributed by atoms with van der Waals surface area (Å²) in [6.07, 6.45) is 4.48. The maximum atomic E-state index is 12.2. The largest absolute Gasteiger partial charge is 0.480 e. The molecular formula is C15H25NO3S2. The standard InChI is InChI=1S/C15H25NO3S2/c1-2-11-3-5-15(6-4-11,14(18)19)16-13(17)9-12-10-20-7-8-21-12/h11-12H,2-10H2,1H3,(H,16,17)(H,18,19). The first-order chi connectivity index (χ1) is 10.1. The number of carbonyl (C=O) groups excluding carboxylic acids is 1. The molecule has 1 saturated heterocycles. The minimum atomic E-state index is -1.02. The zero-order valence-electron chi connectivity index (χ0n) is 12.6. The highest BCUT2D eigenvalue weighted by molar-refractivity contribution is 8.06. The van der Waals surface area contributed by atoms with Gasteiger partial charge in [0.25, 0.3) is 0 Å². The molecular weight excluding hydrogens is 306 g/mol. The van der Waals surface area contributed by atoms with Crippen molar-refractivity contribution < 1.29 is 14.7 Å². The molecule has 1 atom stereocenters. The van der Waals surface area contributed by atoms with Gasteiger partial charge in [-0.25, -0.2) is 4.79 Å². The molecule has 0 spiro atoms. The highest BCUT2D eigenvalue weighted by atomic mass is 32.2.